The average Bonchev–Trinajstić information content (AvgIpc) is 3.23. The number of rotatable bonds is 5. The van der Waals surface area contributed by atoms with E-state index in [1.54, 1.807) is 30.1 Å². The molecule has 0 fully saturated rings. The van der Waals surface area contributed by atoms with E-state index in [2.05, 4.69) is 21.0 Å². The maximum atomic E-state index is 9.68. The molecule has 0 amide bonds. The van der Waals surface area contributed by atoms with Gasteiger partial charge in [-0.25, -0.2) is 4.79 Å². The number of thioether (sulfide) groups is 1. The summed E-state index contributed by atoms with van der Waals surface area (Å²) < 4.78 is 3.21. The Balaban J connectivity index is 0.000000311. The standard InChI is InChI=1S/C16H14N5S.C7H5NO.C2H6.W/c1-21-10-20-16(11-3-2-4-12(17)7-11)14(21)9-22-13-5-6-19-15(18)8-13;9-6-8-7-4-2-1-3-5-7;1-2;/h2-7,10H,17H2,1H3,(H2,18,19);1-5H;1-2H3;/q-1;;;. The summed E-state index contributed by atoms with van der Waals surface area (Å²) in [6.45, 7) is 4.00. The smallest absolute Gasteiger partial charge is 0.211 e. The van der Waals surface area contributed by atoms with Crippen molar-refractivity contribution in [3.63, 3.8) is 0 Å². The van der Waals surface area contributed by atoms with Crippen LogP contribution in [0.15, 0.2) is 83.1 Å². The molecule has 34 heavy (non-hydrogen) atoms. The van der Waals surface area contributed by atoms with Gasteiger partial charge in [-0.3, -0.25) is 0 Å². The van der Waals surface area contributed by atoms with Gasteiger partial charge in [0.25, 0.3) is 0 Å². The normalized spacial score (nSPS) is 9.50. The van der Waals surface area contributed by atoms with Crippen LogP contribution >= 0.6 is 11.8 Å². The Kier molecular flexibility index (Phi) is 11.1. The molecular formula is C25H25N6OSW-. The van der Waals surface area contributed by atoms with E-state index < -0.39 is 0 Å². The number of hydrogen-bond acceptors (Lipinski definition) is 7. The molecule has 9 heteroatoms. The number of para-hydroxylation sites is 1. The van der Waals surface area contributed by atoms with Gasteiger partial charge in [-0.1, -0.05) is 32.0 Å². The van der Waals surface area contributed by atoms with Crippen LogP contribution in [0.5, 0.6) is 0 Å². The van der Waals surface area contributed by atoms with Crippen molar-refractivity contribution in [1.82, 2.24) is 14.5 Å². The van der Waals surface area contributed by atoms with Crippen molar-refractivity contribution in [2.75, 3.05) is 11.5 Å². The minimum atomic E-state index is 0.402. The van der Waals surface area contributed by atoms with Crippen LogP contribution in [0.1, 0.15) is 19.5 Å². The van der Waals surface area contributed by atoms with E-state index in [1.807, 2.05) is 80.3 Å². The Bertz CT molecular complexity index is 1270. The van der Waals surface area contributed by atoms with Crippen LogP contribution in [0.4, 0.5) is 17.2 Å². The number of aliphatic imine (C=N–C) groups is 1. The van der Waals surface area contributed by atoms with Crippen molar-refractivity contribution < 1.29 is 24.1 Å². The molecule has 0 unspecified atom stereocenters. The fourth-order valence-corrected chi connectivity index (χ4v) is 5.37. The van der Waals surface area contributed by atoms with E-state index in [0.717, 1.165) is 27.5 Å². The number of hydrogen-bond donors (Lipinski definition) is 2. The van der Waals surface area contributed by atoms with Crippen molar-refractivity contribution in [3.8, 4) is 11.3 Å². The second-order valence-corrected chi connectivity index (χ2v) is 9.97. The van der Waals surface area contributed by atoms with Gasteiger partial charge in [-0.2, -0.15) is 4.99 Å². The minimum absolute atomic E-state index is 0.402. The van der Waals surface area contributed by atoms with Crippen molar-refractivity contribution in [2.45, 2.75) is 18.7 Å². The molecule has 0 saturated carbocycles. The predicted octanol–water partition coefficient (Wildman–Crippen LogP) is 4.94. The van der Waals surface area contributed by atoms with Gasteiger partial charge < -0.3 is 0 Å². The summed E-state index contributed by atoms with van der Waals surface area (Å²) in [7, 11) is 1.99. The Morgan fingerprint density at radius 1 is 1.09 bits per heavy atom. The number of aromatic nitrogens is 3. The SMILES string of the molecule is CC.Cn1cnc(-c2cccc(N)c2)c1[C](=[W])Sc1[c-]c(N)ncc1.O=C=Nc1ccccc1. The quantitative estimate of drug-likeness (QED) is 0.105. The number of anilines is 2. The summed E-state index contributed by atoms with van der Waals surface area (Å²) in [6.07, 6.45) is 4.97. The number of carbonyl (C=O) groups excluding carboxylic acids is 1. The number of benzene rings is 2. The van der Waals surface area contributed by atoms with E-state index in [4.69, 9.17) is 11.5 Å². The van der Waals surface area contributed by atoms with Crippen LogP contribution in [-0.4, -0.2) is 23.8 Å². The summed E-state index contributed by atoms with van der Waals surface area (Å²) in [5.74, 6) is 0.402. The van der Waals surface area contributed by atoms with Gasteiger partial charge in [0.15, 0.2) is 0 Å². The van der Waals surface area contributed by atoms with E-state index in [-0.39, 0.29) is 0 Å². The van der Waals surface area contributed by atoms with E-state index in [0.29, 0.717) is 11.5 Å². The number of nitrogen functional groups attached to an aromatic ring is 2. The monoisotopic (exact) mass is 641 g/mol. The minimum Gasteiger partial charge on any atom is -0.211 e. The molecule has 0 spiro atoms. The second-order valence-electron chi connectivity index (χ2n) is 6.43. The van der Waals surface area contributed by atoms with E-state index in [1.165, 1.54) is 28.7 Å². The van der Waals surface area contributed by atoms with Gasteiger partial charge in [-0.05, 0) is 12.1 Å². The molecule has 2 aromatic heterocycles. The van der Waals surface area contributed by atoms with Gasteiger partial charge in [0.05, 0.1) is 5.69 Å². The van der Waals surface area contributed by atoms with Crippen LogP contribution in [0.3, 0.4) is 0 Å². The topological polar surface area (TPSA) is 112 Å². The molecule has 4 rings (SSSR count). The largest absolute Gasteiger partial charge is 0.240 e. The first-order valence-electron chi connectivity index (χ1n) is 10.3. The first-order valence-corrected chi connectivity index (χ1v) is 12.6. The second kappa shape index (κ2) is 14.1. The van der Waals surface area contributed by atoms with Crippen molar-refractivity contribution >= 4 is 38.3 Å². The summed E-state index contributed by atoms with van der Waals surface area (Å²) in [5.41, 5.74) is 16.0. The zero-order valence-corrected chi connectivity index (χ0v) is 22.8. The molecule has 0 aliphatic heterocycles. The number of nitrogens with zero attached hydrogens (tertiary/aromatic N) is 4. The fourth-order valence-electron chi connectivity index (χ4n) is 2.72. The molecule has 0 bridgehead atoms. The third kappa shape index (κ3) is 7.92. The van der Waals surface area contributed by atoms with Crippen molar-refractivity contribution in [2.24, 2.45) is 12.0 Å². The Labute approximate surface area is 214 Å². The third-order valence-corrected chi connectivity index (χ3v) is 6.54. The fraction of sp³-hybridized carbons (Fsp3) is 0.120. The molecule has 174 valence electrons. The number of isocyanates is 1. The predicted molar refractivity (Wildman–Crippen MR) is 136 cm³/mol. The van der Waals surface area contributed by atoms with Crippen LogP contribution in [-0.2, 0) is 31.2 Å². The Morgan fingerprint density at radius 3 is 2.47 bits per heavy atom. The van der Waals surface area contributed by atoms with Crippen molar-refractivity contribution in [1.29, 1.82) is 0 Å². The summed E-state index contributed by atoms with van der Waals surface area (Å²) in [5, 5.41) is 0. The summed E-state index contributed by atoms with van der Waals surface area (Å²) >= 11 is 2.98. The third-order valence-electron chi connectivity index (χ3n) is 4.11. The molecule has 7 nitrogen and oxygen atoms in total. The zero-order valence-electron chi connectivity index (χ0n) is 19.1. The maximum absolute atomic E-state index is 9.68. The average molecular weight is 641 g/mol. The summed E-state index contributed by atoms with van der Waals surface area (Å²) in [6, 6.07) is 21.7. The summed E-state index contributed by atoms with van der Waals surface area (Å²) in [4.78, 5) is 22.6. The number of imidazole rings is 1. The first kappa shape index (κ1) is 26.9. The molecule has 4 N–H and O–H groups in total. The Hall–Kier alpha value is -3.31. The van der Waals surface area contributed by atoms with Gasteiger partial charge in [-0.15, -0.1) is 0 Å². The molecule has 0 aliphatic carbocycles. The first-order chi connectivity index (χ1) is 16.5. The van der Waals surface area contributed by atoms with Gasteiger partial charge in [0, 0.05) is 0 Å². The van der Waals surface area contributed by atoms with Crippen LogP contribution in [0.25, 0.3) is 11.3 Å². The number of nitrogens with two attached hydrogens (primary N) is 2. The van der Waals surface area contributed by atoms with E-state index in [9.17, 15) is 4.79 Å². The molecule has 0 atom stereocenters. The molecule has 0 radical (unpaired) electrons. The van der Waals surface area contributed by atoms with Gasteiger partial charge >= 0.3 is 150 Å². The molecular weight excluding hydrogens is 616 g/mol. The van der Waals surface area contributed by atoms with Crippen molar-refractivity contribution in [3.05, 3.63) is 84.9 Å². The molecule has 2 heterocycles. The number of aryl methyl sites for hydroxylation is 1. The van der Waals surface area contributed by atoms with Gasteiger partial charge in [0.1, 0.15) is 0 Å². The molecule has 0 saturated heterocycles. The van der Waals surface area contributed by atoms with Crippen LogP contribution < -0.4 is 11.5 Å². The van der Waals surface area contributed by atoms with Gasteiger partial charge in [0.2, 0.25) is 6.08 Å². The molecule has 0 aliphatic rings. The molecule has 4 aromatic rings. The maximum Gasteiger partial charge on any atom is 0.240 e. The molecule has 2 aromatic carbocycles. The zero-order chi connectivity index (χ0) is 24.9. The number of pyridine rings is 1. The van der Waals surface area contributed by atoms with E-state index >= 15 is 0 Å². The van der Waals surface area contributed by atoms with Crippen LogP contribution in [0, 0.1) is 6.07 Å². The van der Waals surface area contributed by atoms with Crippen LogP contribution in [0.2, 0.25) is 0 Å². The Morgan fingerprint density at radius 2 is 1.82 bits per heavy atom.